The normalized spacial score (nSPS) is 20.8. The molecule has 0 aromatic heterocycles. The molecule has 0 aliphatic carbocycles. The molecule has 1 N–H and O–H groups in total. The summed E-state index contributed by atoms with van der Waals surface area (Å²) in [6.07, 6.45) is 0.193. The molecule has 2 amide bonds. The van der Waals surface area contributed by atoms with Crippen LogP contribution in [0, 0.1) is 5.92 Å². The SMILES string of the molecule is C=C[C@@H](O)[C@H](C)C(=O)N1C(=O)OC[C@@H]1Cc1ccccc1. The molecule has 1 aromatic rings. The Hall–Kier alpha value is -2.14. The number of rotatable bonds is 5. The standard InChI is InChI=1S/C16H19NO4/c1-3-14(18)11(2)15(19)17-13(10-21-16(17)20)9-12-7-5-4-6-8-12/h3-8,11,13-14,18H,1,9-10H2,2H3/t11-,13-,14+/m0/s1. The highest BCUT2D eigenvalue weighted by molar-refractivity contribution is 5.95. The Morgan fingerprint density at radius 3 is 2.81 bits per heavy atom. The number of cyclic esters (lactones) is 1. The molecule has 2 rings (SSSR count). The van der Waals surface area contributed by atoms with Crippen LogP contribution in [-0.2, 0) is 16.0 Å². The molecule has 0 radical (unpaired) electrons. The highest BCUT2D eigenvalue weighted by atomic mass is 16.6. The molecule has 1 aliphatic rings. The lowest BCUT2D eigenvalue weighted by molar-refractivity contribution is -0.135. The molecule has 1 saturated heterocycles. The molecule has 1 aliphatic heterocycles. The number of hydrogen-bond donors (Lipinski definition) is 1. The van der Waals surface area contributed by atoms with Gasteiger partial charge in [0, 0.05) is 0 Å². The lowest BCUT2D eigenvalue weighted by Gasteiger charge is -2.24. The van der Waals surface area contributed by atoms with Crippen molar-refractivity contribution in [3.05, 3.63) is 48.6 Å². The van der Waals surface area contributed by atoms with Gasteiger partial charge in [0.2, 0.25) is 5.91 Å². The minimum atomic E-state index is -0.983. The molecule has 21 heavy (non-hydrogen) atoms. The predicted molar refractivity (Wildman–Crippen MR) is 77.5 cm³/mol. The van der Waals surface area contributed by atoms with Gasteiger partial charge in [-0.25, -0.2) is 9.69 Å². The number of imide groups is 1. The van der Waals surface area contributed by atoms with Crippen molar-refractivity contribution in [2.75, 3.05) is 6.61 Å². The first-order chi connectivity index (χ1) is 10.0. The molecule has 1 aromatic carbocycles. The molecule has 1 fully saturated rings. The second kappa shape index (κ2) is 6.54. The van der Waals surface area contributed by atoms with Gasteiger partial charge in [-0.3, -0.25) is 4.79 Å². The van der Waals surface area contributed by atoms with E-state index in [4.69, 9.17) is 4.74 Å². The summed E-state index contributed by atoms with van der Waals surface area (Å²) in [6, 6.07) is 9.25. The lowest BCUT2D eigenvalue weighted by atomic mass is 10.0. The molecule has 0 spiro atoms. The summed E-state index contributed by atoms with van der Waals surface area (Å²) in [6.45, 7) is 5.21. The molecular weight excluding hydrogens is 270 g/mol. The number of carbonyl (C=O) groups is 2. The highest BCUT2D eigenvalue weighted by Gasteiger charge is 2.40. The summed E-state index contributed by atoms with van der Waals surface area (Å²) in [4.78, 5) is 25.3. The van der Waals surface area contributed by atoms with Crippen molar-refractivity contribution in [3.63, 3.8) is 0 Å². The molecule has 5 heteroatoms. The van der Waals surface area contributed by atoms with E-state index < -0.39 is 24.0 Å². The monoisotopic (exact) mass is 289 g/mol. The fraction of sp³-hybridized carbons (Fsp3) is 0.375. The van der Waals surface area contributed by atoms with Gasteiger partial charge in [0.1, 0.15) is 6.61 Å². The van der Waals surface area contributed by atoms with E-state index in [2.05, 4.69) is 6.58 Å². The maximum Gasteiger partial charge on any atom is 0.416 e. The zero-order valence-corrected chi connectivity index (χ0v) is 11.9. The summed E-state index contributed by atoms with van der Waals surface area (Å²) in [5, 5.41) is 9.70. The van der Waals surface area contributed by atoms with Crippen LogP contribution in [0.4, 0.5) is 4.79 Å². The van der Waals surface area contributed by atoms with Gasteiger partial charge in [-0.2, -0.15) is 0 Å². The van der Waals surface area contributed by atoms with E-state index in [1.165, 1.54) is 6.08 Å². The smallest absolute Gasteiger partial charge is 0.416 e. The van der Waals surface area contributed by atoms with Gasteiger partial charge >= 0.3 is 6.09 Å². The Morgan fingerprint density at radius 1 is 1.52 bits per heavy atom. The van der Waals surface area contributed by atoms with Gasteiger partial charge in [-0.05, 0) is 12.0 Å². The third-order valence-electron chi connectivity index (χ3n) is 3.66. The topological polar surface area (TPSA) is 66.8 Å². The predicted octanol–water partition coefficient (Wildman–Crippen LogP) is 1.76. The Kier molecular flexibility index (Phi) is 4.75. The van der Waals surface area contributed by atoms with Gasteiger partial charge in [0.05, 0.1) is 18.1 Å². The van der Waals surface area contributed by atoms with Crippen LogP contribution in [0.5, 0.6) is 0 Å². The van der Waals surface area contributed by atoms with Gasteiger partial charge < -0.3 is 9.84 Å². The summed E-state index contributed by atoms with van der Waals surface area (Å²) in [7, 11) is 0. The van der Waals surface area contributed by atoms with E-state index in [0.29, 0.717) is 6.42 Å². The largest absolute Gasteiger partial charge is 0.447 e. The van der Waals surface area contributed by atoms with Crippen LogP contribution in [0.3, 0.4) is 0 Å². The molecule has 3 atom stereocenters. The van der Waals surface area contributed by atoms with Crippen LogP contribution < -0.4 is 0 Å². The van der Waals surface area contributed by atoms with Crippen molar-refractivity contribution in [1.82, 2.24) is 4.90 Å². The molecule has 1 heterocycles. The Morgan fingerprint density at radius 2 is 2.19 bits per heavy atom. The fourth-order valence-electron chi connectivity index (χ4n) is 2.34. The van der Waals surface area contributed by atoms with Crippen LogP contribution in [-0.4, -0.2) is 40.8 Å². The van der Waals surface area contributed by atoms with E-state index in [-0.39, 0.29) is 12.6 Å². The number of aliphatic hydroxyl groups is 1. The Bertz CT molecular complexity index is 528. The van der Waals surface area contributed by atoms with Gasteiger partial charge in [0.15, 0.2) is 0 Å². The van der Waals surface area contributed by atoms with Crippen LogP contribution in [0.25, 0.3) is 0 Å². The molecule has 0 saturated carbocycles. The average Bonchev–Trinajstić information content (AvgIpc) is 2.86. The van der Waals surface area contributed by atoms with Crippen molar-refractivity contribution >= 4 is 12.0 Å². The number of aliphatic hydroxyl groups excluding tert-OH is 1. The van der Waals surface area contributed by atoms with Crippen LogP contribution in [0.15, 0.2) is 43.0 Å². The Labute approximate surface area is 123 Å². The van der Waals surface area contributed by atoms with Crippen molar-refractivity contribution < 1.29 is 19.4 Å². The third kappa shape index (κ3) is 3.31. The first kappa shape index (κ1) is 15.3. The van der Waals surface area contributed by atoms with Gasteiger partial charge in [-0.15, -0.1) is 6.58 Å². The third-order valence-corrected chi connectivity index (χ3v) is 3.66. The Balaban J connectivity index is 2.13. The zero-order chi connectivity index (χ0) is 15.4. The van der Waals surface area contributed by atoms with Crippen molar-refractivity contribution in [2.24, 2.45) is 5.92 Å². The molecular formula is C16H19NO4. The van der Waals surface area contributed by atoms with Crippen LogP contribution in [0.1, 0.15) is 12.5 Å². The number of carbonyl (C=O) groups excluding carboxylic acids is 2. The minimum Gasteiger partial charge on any atom is -0.447 e. The van der Waals surface area contributed by atoms with E-state index in [1.807, 2.05) is 30.3 Å². The fourth-order valence-corrected chi connectivity index (χ4v) is 2.34. The first-order valence-corrected chi connectivity index (χ1v) is 6.89. The van der Waals surface area contributed by atoms with Gasteiger partial charge in [0.25, 0.3) is 0 Å². The molecule has 5 nitrogen and oxygen atoms in total. The summed E-state index contributed by atoms with van der Waals surface area (Å²) in [5.74, 6) is -1.17. The van der Waals surface area contributed by atoms with E-state index in [0.717, 1.165) is 10.5 Å². The quantitative estimate of drug-likeness (QED) is 0.839. The summed E-state index contributed by atoms with van der Waals surface area (Å²) in [5.41, 5.74) is 1.02. The number of amides is 2. The average molecular weight is 289 g/mol. The van der Waals surface area contributed by atoms with Crippen LogP contribution >= 0.6 is 0 Å². The molecule has 0 bridgehead atoms. The van der Waals surface area contributed by atoms with E-state index in [1.54, 1.807) is 6.92 Å². The van der Waals surface area contributed by atoms with Gasteiger partial charge in [-0.1, -0.05) is 43.3 Å². The van der Waals surface area contributed by atoms with E-state index >= 15 is 0 Å². The zero-order valence-electron chi connectivity index (χ0n) is 11.9. The molecule has 0 unspecified atom stereocenters. The maximum atomic E-state index is 12.4. The number of hydrogen-bond acceptors (Lipinski definition) is 4. The highest BCUT2D eigenvalue weighted by Crippen LogP contribution is 2.21. The molecule has 112 valence electrons. The summed E-state index contributed by atoms with van der Waals surface area (Å²) >= 11 is 0. The second-order valence-corrected chi connectivity index (χ2v) is 5.14. The van der Waals surface area contributed by atoms with E-state index in [9.17, 15) is 14.7 Å². The number of nitrogens with zero attached hydrogens (tertiary/aromatic N) is 1. The minimum absolute atomic E-state index is 0.177. The van der Waals surface area contributed by atoms with Crippen LogP contribution in [0.2, 0.25) is 0 Å². The second-order valence-electron chi connectivity index (χ2n) is 5.14. The maximum absolute atomic E-state index is 12.4. The number of ether oxygens (including phenoxy) is 1. The summed E-state index contributed by atoms with van der Waals surface area (Å²) < 4.78 is 4.99. The lowest BCUT2D eigenvalue weighted by Crippen LogP contribution is -2.45. The van der Waals surface area contributed by atoms with Crippen molar-refractivity contribution in [2.45, 2.75) is 25.5 Å². The van der Waals surface area contributed by atoms with Crippen molar-refractivity contribution in [1.29, 1.82) is 0 Å². The first-order valence-electron chi connectivity index (χ1n) is 6.89. The number of benzene rings is 1. The van der Waals surface area contributed by atoms with Crippen molar-refractivity contribution in [3.8, 4) is 0 Å².